The van der Waals surface area contributed by atoms with Crippen LogP contribution < -0.4 is 24.4 Å². The van der Waals surface area contributed by atoms with Gasteiger partial charge in [-0.05, 0) is 86.6 Å². The van der Waals surface area contributed by atoms with Gasteiger partial charge in [0.05, 0.1) is 44.7 Å². The number of carbonyl (C=O) groups is 2. The van der Waals surface area contributed by atoms with Crippen LogP contribution in [0.3, 0.4) is 0 Å². The quantitative estimate of drug-likeness (QED) is 0.0692. The molecule has 5 aliphatic rings. The van der Waals surface area contributed by atoms with Crippen LogP contribution in [0.2, 0.25) is 0 Å². The van der Waals surface area contributed by atoms with E-state index in [0.717, 1.165) is 50.3 Å². The summed E-state index contributed by atoms with van der Waals surface area (Å²) in [4.78, 5) is 49.5. The van der Waals surface area contributed by atoms with Gasteiger partial charge in [-0.2, -0.15) is 0 Å². The number of halogens is 1. The van der Waals surface area contributed by atoms with Crippen molar-refractivity contribution in [2.45, 2.75) is 101 Å². The number of rotatable bonds is 12. The monoisotopic (exact) mass is 1010 g/mol. The number of carbonyl (C=O) groups excluding carboxylic acids is 2. The van der Waals surface area contributed by atoms with Gasteiger partial charge in [0.1, 0.15) is 29.6 Å². The number of piperidine rings is 1. The Morgan fingerprint density at radius 2 is 1.79 bits per heavy atom. The molecule has 3 saturated heterocycles. The van der Waals surface area contributed by atoms with Gasteiger partial charge in [0.2, 0.25) is 5.91 Å². The molecule has 4 aliphatic heterocycles. The summed E-state index contributed by atoms with van der Waals surface area (Å²) < 4.78 is 57.1. The number of benzene rings is 3. The van der Waals surface area contributed by atoms with Crippen molar-refractivity contribution in [3.05, 3.63) is 106 Å². The Morgan fingerprint density at radius 1 is 1.04 bits per heavy atom. The average Bonchev–Trinajstić information content (AvgIpc) is 3.73. The molecule has 72 heavy (non-hydrogen) atoms. The first-order chi connectivity index (χ1) is 34.4. The molecule has 2 atom stereocenters. The molecule has 10 rings (SSSR count). The molecule has 5 aromatic rings. The largest absolute Gasteiger partial charge is 0.489 e. The lowest BCUT2D eigenvalue weighted by atomic mass is 9.72. The zero-order valence-electron chi connectivity index (χ0n) is 41.0. The van der Waals surface area contributed by atoms with Gasteiger partial charge in [-0.3, -0.25) is 19.7 Å². The van der Waals surface area contributed by atoms with E-state index in [1.165, 1.54) is 35.7 Å². The number of aliphatic hydroxyl groups is 1. The molecule has 20 heteroatoms. The van der Waals surface area contributed by atoms with Crippen molar-refractivity contribution in [3.8, 4) is 17.2 Å². The van der Waals surface area contributed by atoms with Crippen LogP contribution >= 0.6 is 0 Å². The fourth-order valence-electron chi connectivity index (χ4n) is 11.4. The summed E-state index contributed by atoms with van der Waals surface area (Å²) in [5.41, 5.74) is 2.23. The number of piperazine rings is 1. The third-order valence-electron chi connectivity index (χ3n) is 15.7. The van der Waals surface area contributed by atoms with E-state index in [-0.39, 0.29) is 75.5 Å². The number of anilines is 2. The number of ether oxygens (including phenoxy) is 2. The van der Waals surface area contributed by atoms with Gasteiger partial charge >= 0.3 is 0 Å². The van der Waals surface area contributed by atoms with E-state index in [0.29, 0.717) is 64.2 Å². The lowest BCUT2D eigenvalue weighted by Crippen LogP contribution is -2.68. The lowest BCUT2D eigenvalue weighted by molar-refractivity contribution is -0.384. The van der Waals surface area contributed by atoms with Crippen molar-refractivity contribution in [3.63, 3.8) is 0 Å². The highest BCUT2D eigenvalue weighted by Gasteiger charge is 2.49. The molecule has 18 nitrogen and oxygen atoms in total. The standard InChI is InChI=1S/C52H62FN9O9S/c1-5-47(63)59-20-21-61(44(28-59)38-9-7-6-8-37(38)32(2)3)60-30-52(31-60)16-18-58(19-17-52)34-10-11-39(45(22-34)71-35-23-40-41(53)27-55-49(40)54-26-35)50(64)57-72(68,69)36-24-43(62(66)67)48-46(25-36)70-29-42(56-48)33-12-14-51(4,65)15-13-33/h6-11,22-27,32-33,42,44,56,65H,5,12-21,28-31H2,1-4H3,(H,54,55)(H,57,64)/t33-,42-,44-,51-/m1/s1. The van der Waals surface area contributed by atoms with Crippen molar-refractivity contribution in [2.75, 3.05) is 62.6 Å². The number of nitro groups is 1. The molecule has 4 N–H and O–H groups in total. The van der Waals surface area contributed by atoms with Gasteiger partial charge in [0.15, 0.2) is 11.4 Å². The Labute approximate surface area is 418 Å². The van der Waals surface area contributed by atoms with Crippen LogP contribution in [0.1, 0.15) is 106 Å². The van der Waals surface area contributed by atoms with E-state index in [1.54, 1.807) is 19.1 Å². The number of hydrogen-bond donors (Lipinski definition) is 4. The van der Waals surface area contributed by atoms with Crippen LogP contribution in [0.4, 0.5) is 21.5 Å². The molecular weight excluding hydrogens is 946 g/mol. The topological polar surface area (TPSA) is 216 Å². The molecule has 0 bridgehead atoms. The maximum absolute atomic E-state index is 14.7. The summed E-state index contributed by atoms with van der Waals surface area (Å²) in [7, 11) is -4.74. The van der Waals surface area contributed by atoms with Crippen molar-refractivity contribution >= 4 is 49.9 Å². The molecule has 0 unspecified atom stereocenters. The fourth-order valence-corrected chi connectivity index (χ4v) is 12.4. The van der Waals surface area contributed by atoms with Gasteiger partial charge in [0, 0.05) is 87.7 Å². The van der Waals surface area contributed by atoms with Gasteiger partial charge in [0.25, 0.3) is 21.6 Å². The van der Waals surface area contributed by atoms with E-state index >= 15 is 0 Å². The van der Waals surface area contributed by atoms with Crippen LogP contribution in [0.15, 0.2) is 78.0 Å². The maximum Gasteiger partial charge on any atom is 0.297 e. The molecule has 1 aliphatic carbocycles. The number of aromatic nitrogens is 2. The number of nitrogens with zero attached hydrogens (tertiary/aromatic N) is 6. The first-order valence-electron chi connectivity index (χ1n) is 25.0. The number of aromatic amines is 1. The van der Waals surface area contributed by atoms with Crippen molar-refractivity contribution in [1.82, 2.24) is 29.6 Å². The van der Waals surface area contributed by atoms with Crippen LogP contribution in [0.25, 0.3) is 11.0 Å². The number of amides is 2. The summed E-state index contributed by atoms with van der Waals surface area (Å²) in [6.45, 7) is 13.5. The van der Waals surface area contributed by atoms with Gasteiger partial charge in [-0.1, -0.05) is 45.0 Å². The third kappa shape index (κ3) is 9.68. The predicted molar refractivity (Wildman–Crippen MR) is 268 cm³/mol. The van der Waals surface area contributed by atoms with Gasteiger partial charge in [-0.15, -0.1) is 0 Å². The Kier molecular flexibility index (Phi) is 13.2. The van der Waals surface area contributed by atoms with E-state index < -0.39 is 42.9 Å². The average molecular weight is 1010 g/mol. The van der Waals surface area contributed by atoms with Crippen LogP contribution in [0, 0.1) is 27.3 Å². The van der Waals surface area contributed by atoms with Crippen LogP contribution in [-0.2, 0) is 14.8 Å². The Balaban J connectivity index is 0.863. The summed E-state index contributed by atoms with van der Waals surface area (Å²) in [6, 6.07) is 16.7. The molecule has 6 heterocycles. The van der Waals surface area contributed by atoms with Crippen molar-refractivity contribution < 1.29 is 41.9 Å². The van der Waals surface area contributed by atoms with Crippen molar-refractivity contribution in [2.24, 2.45) is 11.3 Å². The number of H-pyrrole nitrogens is 1. The SMILES string of the molecule is CCC(=O)N1CCN(N2CC3(CCN(c4ccc(C(=O)NS(=O)(=O)c5cc6c(c([N+](=O)[O-])c5)N[C@@H]([C@H]5CC[C@](C)(O)CC5)CO6)c(Oc5cnc6[nH]cc(F)c6c5)c4)CC3)C2)[C@@H](c2ccccc2C(C)C)C1. The van der Waals surface area contributed by atoms with Crippen LogP contribution in [0.5, 0.6) is 17.2 Å². The van der Waals surface area contributed by atoms with E-state index in [1.807, 2.05) is 11.8 Å². The number of hydrazine groups is 1. The normalized spacial score (nSPS) is 23.5. The van der Waals surface area contributed by atoms with Gasteiger partial charge < -0.3 is 34.7 Å². The number of hydrogen-bond acceptors (Lipinski definition) is 14. The number of fused-ring (bicyclic) bond motifs is 2. The zero-order valence-corrected chi connectivity index (χ0v) is 41.8. The van der Waals surface area contributed by atoms with E-state index in [2.05, 4.69) is 73.0 Å². The Hall–Kier alpha value is -6.35. The number of nitrogens with one attached hydrogen (secondary N) is 3. The minimum Gasteiger partial charge on any atom is -0.489 e. The van der Waals surface area contributed by atoms with E-state index in [9.17, 15) is 37.6 Å². The first kappa shape index (κ1) is 49.2. The van der Waals surface area contributed by atoms with Gasteiger partial charge in [-0.25, -0.2) is 32.5 Å². The zero-order chi connectivity index (χ0) is 50.7. The molecule has 382 valence electrons. The lowest BCUT2D eigenvalue weighted by Gasteiger charge is -2.60. The summed E-state index contributed by atoms with van der Waals surface area (Å²) in [5.74, 6) is -0.994. The maximum atomic E-state index is 14.7. The minimum atomic E-state index is -4.74. The molecule has 2 amide bonds. The highest BCUT2D eigenvalue weighted by molar-refractivity contribution is 7.90. The fraction of sp³-hybridized carbons (Fsp3) is 0.481. The minimum absolute atomic E-state index is 0.0139. The van der Waals surface area contributed by atoms with E-state index in [4.69, 9.17) is 9.47 Å². The Bertz CT molecular complexity index is 3010. The third-order valence-corrected chi connectivity index (χ3v) is 17.0. The molecule has 0 radical (unpaired) electrons. The van der Waals surface area contributed by atoms with Crippen LogP contribution in [-0.4, -0.2) is 119 Å². The second kappa shape index (κ2) is 19.2. The molecule has 1 saturated carbocycles. The summed E-state index contributed by atoms with van der Waals surface area (Å²) in [6.07, 6.45) is 7.33. The predicted octanol–water partition coefficient (Wildman–Crippen LogP) is 7.87. The number of nitro benzene ring substituents is 1. The molecule has 3 aromatic carbocycles. The Morgan fingerprint density at radius 3 is 2.51 bits per heavy atom. The first-order valence-corrected chi connectivity index (χ1v) is 26.5. The smallest absolute Gasteiger partial charge is 0.297 e. The molecule has 2 aromatic heterocycles. The molecule has 4 fully saturated rings. The second-order valence-corrected chi connectivity index (χ2v) is 22.5. The number of pyridine rings is 1. The molecule has 1 spiro atoms. The highest BCUT2D eigenvalue weighted by atomic mass is 32.2. The summed E-state index contributed by atoms with van der Waals surface area (Å²) in [5, 5.41) is 31.2. The molecular formula is C52H62FN9O9S. The number of sulfonamides is 1. The highest BCUT2D eigenvalue weighted by Crippen LogP contribution is 2.47. The summed E-state index contributed by atoms with van der Waals surface area (Å²) >= 11 is 0. The second-order valence-electron chi connectivity index (χ2n) is 20.9. The van der Waals surface area contributed by atoms with Crippen molar-refractivity contribution in [1.29, 1.82) is 0 Å².